The van der Waals surface area contributed by atoms with Gasteiger partial charge in [-0.25, -0.2) is 0 Å². The normalized spacial score (nSPS) is 15.7. The summed E-state index contributed by atoms with van der Waals surface area (Å²) >= 11 is 5.45. The molecular formula is C13H19N3S. The molecule has 2 N–H and O–H groups in total. The molecule has 1 fully saturated rings. The first kappa shape index (κ1) is 12.3. The number of aryl methyl sites for hydroxylation is 1. The van der Waals surface area contributed by atoms with Crippen LogP contribution in [0.15, 0.2) is 24.3 Å². The van der Waals surface area contributed by atoms with Crippen LogP contribution in [0.3, 0.4) is 0 Å². The number of hydrogen-bond donors (Lipinski definition) is 2. The molecule has 0 saturated carbocycles. The van der Waals surface area contributed by atoms with E-state index >= 15 is 0 Å². The fourth-order valence-corrected chi connectivity index (χ4v) is 2.31. The average molecular weight is 249 g/mol. The smallest absolute Gasteiger partial charge is 0.173 e. The van der Waals surface area contributed by atoms with Gasteiger partial charge < -0.3 is 15.5 Å². The predicted molar refractivity (Wildman–Crippen MR) is 76.5 cm³/mol. The summed E-state index contributed by atoms with van der Waals surface area (Å²) in [4.78, 5) is 2.22. The van der Waals surface area contributed by atoms with Gasteiger partial charge in [0.1, 0.15) is 0 Å². The first-order chi connectivity index (χ1) is 8.31. The molecule has 0 unspecified atom stereocenters. The van der Waals surface area contributed by atoms with Crippen LogP contribution >= 0.6 is 12.2 Å². The van der Waals surface area contributed by atoms with Crippen LogP contribution in [0.4, 0.5) is 5.69 Å². The first-order valence-electron chi connectivity index (χ1n) is 6.16. The van der Waals surface area contributed by atoms with Gasteiger partial charge in [0.2, 0.25) is 0 Å². The number of piperazine rings is 1. The number of benzene rings is 1. The maximum atomic E-state index is 5.45. The van der Waals surface area contributed by atoms with E-state index in [0.29, 0.717) is 0 Å². The molecular weight excluding hydrogens is 230 g/mol. The standard InChI is InChI=1S/C13H19N3S/c1-2-11-5-3-4-6-12(11)15-13(17)16-9-7-14-8-10-16/h3-6,14H,2,7-10H2,1H3,(H,15,17). The number of nitrogens with zero attached hydrogens (tertiary/aromatic N) is 1. The summed E-state index contributed by atoms with van der Waals surface area (Å²) in [6.07, 6.45) is 1.02. The molecule has 3 nitrogen and oxygen atoms in total. The molecule has 1 heterocycles. The first-order valence-corrected chi connectivity index (χ1v) is 6.56. The summed E-state index contributed by atoms with van der Waals surface area (Å²) in [6.45, 7) is 6.16. The highest BCUT2D eigenvalue weighted by atomic mass is 32.1. The molecule has 0 aliphatic carbocycles. The van der Waals surface area contributed by atoms with Gasteiger partial charge in [-0.1, -0.05) is 25.1 Å². The second-order valence-electron chi connectivity index (χ2n) is 4.18. The third kappa shape index (κ3) is 3.17. The van der Waals surface area contributed by atoms with Gasteiger partial charge in [-0.15, -0.1) is 0 Å². The van der Waals surface area contributed by atoms with E-state index in [9.17, 15) is 0 Å². The molecule has 1 aliphatic heterocycles. The second-order valence-corrected chi connectivity index (χ2v) is 4.56. The lowest BCUT2D eigenvalue weighted by Crippen LogP contribution is -2.48. The summed E-state index contributed by atoms with van der Waals surface area (Å²) in [5.41, 5.74) is 2.45. The van der Waals surface area contributed by atoms with Crippen molar-refractivity contribution in [2.24, 2.45) is 0 Å². The molecule has 4 heteroatoms. The molecule has 1 aromatic rings. The fourth-order valence-electron chi connectivity index (χ4n) is 2.01. The van der Waals surface area contributed by atoms with Gasteiger partial charge in [-0.05, 0) is 30.3 Å². The van der Waals surface area contributed by atoms with E-state index in [4.69, 9.17) is 12.2 Å². The molecule has 0 atom stereocenters. The Kier molecular flexibility index (Phi) is 4.34. The Labute approximate surface area is 108 Å². The van der Waals surface area contributed by atoms with E-state index < -0.39 is 0 Å². The number of para-hydroxylation sites is 1. The van der Waals surface area contributed by atoms with Gasteiger partial charge >= 0.3 is 0 Å². The van der Waals surface area contributed by atoms with Crippen LogP contribution in [0.5, 0.6) is 0 Å². The lowest BCUT2D eigenvalue weighted by atomic mass is 10.1. The summed E-state index contributed by atoms with van der Waals surface area (Å²) in [7, 11) is 0. The van der Waals surface area contributed by atoms with Crippen LogP contribution in [-0.2, 0) is 6.42 Å². The fraction of sp³-hybridized carbons (Fsp3) is 0.462. The van der Waals surface area contributed by atoms with Crippen molar-refractivity contribution in [3.8, 4) is 0 Å². The van der Waals surface area contributed by atoms with Gasteiger partial charge in [0.25, 0.3) is 0 Å². The van der Waals surface area contributed by atoms with Crippen molar-refractivity contribution in [3.05, 3.63) is 29.8 Å². The lowest BCUT2D eigenvalue weighted by molar-refractivity contribution is 0.362. The van der Waals surface area contributed by atoms with Gasteiger partial charge in [-0.2, -0.15) is 0 Å². The van der Waals surface area contributed by atoms with E-state index in [2.05, 4.69) is 40.7 Å². The lowest BCUT2D eigenvalue weighted by Gasteiger charge is -2.30. The minimum absolute atomic E-state index is 0.840. The van der Waals surface area contributed by atoms with Gasteiger partial charge in [0.15, 0.2) is 5.11 Å². The summed E-state index contributed by atoms with van der Waals surface area (Å²) in [6, 6.07) is 8.34. The van der Waals surface area contributed by atoms with E-state index in [1.165, 1.54) is 5.56 Å². The summed E-state index contributed by atoms with van der Waals surface area (Å²) in [5, 5.41) is 7.53. The van der Waals surface area contributed by atoms with E-state index in [0.717, 1.165) is 43.4 Å². The molecule has 17 heavy (non-hydrogen) atoms. The zero-order valence-corrected chi connectivity index (χ0v) is 11.0. The quantitative estimate of drug-likeness (QED) is 0.782. The highest BCUT2D eigenvalue weighted by Gasteiger charge is 2.13. The molecule has 0 amide bonds. The van der Waals surface area contributed by atoms with Crippen molar-refractivity contribution >= 4 is 23.0 Å². The van der Waals surface area contributed by atoms with Crippen LogP contribution in [0, 0.1) is 0 Å². The molecule has 2 rings (SSSR count). The minimum Gasteiger partial charge on any atom is -0.346 e. The Morgan fingerprint density at radius 1 is 1.35 bits per heavy atom. The molecule has 0 spiro atoms. The predicted octanol–water partition coefficient (Wildman–Crippen LogP) is 1.85. The summed E-state index contributed by atoms with van der Waals surface area (Å²) in [5.74, 6) is 0. The minimum atomic E-state index is 0.840. The SMILES string of the molecule is CCc1ccccc1NC(=S)N1CCNCC1. The largest absolute Gasteiger partial charge is 0.346 e. The number of hydrogen-bond acceptors (Lipinski definition) is 2. The monoisotopic (exact) mass is 249 g/mol. The van der Waals surface area contributed by atoms with E-state index in [-0.39, 0.29) is 0 Å². The summed E-state index contributed by atoms with van der Waals surface area (Å²) < 4.78 is 0. The molecule has 0 aromatic heterocycles. The van der Waals surface area contributed by atoms with Crippen LogP contribution in [0.1, 0.15) is 12.5 Å². The van der Waals surface area contributed by atoms with Crippen LogP contribution in [-0.4, -0.2) is 36.2 Å². The van der Waals surface area contributed by atoms with Crippen molar-refractivity contribution in [2.75, 3.05) is 31.5 Å². The molecule has 0 bridgehead atoms. The number of thiocarbonyl (C=S) groups is 1. The van der Waals surface area contributed by atoms with E-state index in [1.54, 1.807) is 0 Å². The van der Waals surface area contributed by atoms with Gasteiger partial charge in [0, 0.05) is 31.9 Å². The maximum Gasteiger partial charge on any atom is 0.173 e. The van der Waals surface area contributed by atoms with Crippen molar-refractivity contribution in [1.29, 1.82) is 0 Å². The highest BCUT2D eigenvalue weighted by molar-refractivity contribution is 7.80. The Balaban J connectivity index is 2.01. The van der Waals surface area contributed by atoms with Gasteiger partial charge in [0.05, 0.1) is 0 Å². The highest BCUT2D eigenvalue weighted by Crippen LogP contribution is 2.16. The number of rotatable bonds is 2. The molecule has 0 radical (unpaired) electrons. The zero-order chi connectivity index (χ0) is 12.1. The van der Waals surface area contributed by atoms with Crippen LogP contribution in [0.25, 0.3) is 0 Å². The Morgan fingerprint density at radius 3 is 2.76 bits per heavy atom. The Bertz CT molecular complexity index is 386. The Morgan fingerprint density at radius 2 is 2.06 bits per heavy atom. The van der Waals surface area contributed by atoms with E-state index in [1.807, 2.05) is 6.07 Å². The topological polar surface area (TPSA) is 27.3 Å². The third-order valence-corrected chi connectivity index (χ3v) is 3.40. The Hall–Kier alpha value is -1.13. The van der Waals surface area contributed by atoms with Crippen LogP contribution in [0.2, 0.25) is 0 Å². The van der Waals surface area contributed by atoms with Crippen molar-refractivity contribution in [1.82, 2.24) is 10.2 Å². The molecule has 1 aromatic carbocycles. The van der Waals surface area contributed by atoms with Gasteiger partial charge in [-0.3, -0.25) is 0 Å². The average Bonchev–Trinajstić information content (AvgIpc) is 2.40. The zero-order valence-electron chi connectivity index (χ0n) is 10.2. The third-order valence-electron chi connectivity index (χ3n) is 3.04. The number of anilines is 1. The number of nitrogens with one attached hydrogen (secondary N) is 2. The molecule has 1 saturated heterocycles. The van der Waals surface area contributed by atoms with Crippen molar-refractivity contribution in [3.63, 3.8) is 0 Å². The van der Waals surface area contributed by atoms with Crippen molar-refractivity contribution in [2.45, 2.75) is 13.3 Å². The molecule has 1 aliphatic rings. The maximum absolute atomic E-state index is 5.45. The second kappa shape index (κ2) is 5.98. The van der Waals surface area contributed by atoms with Crippen LogP contribution < -0.4 is 10.6 Å². The van der Waals surface area contributed by atoms with Crippen molar-refractivity contribution < 1.29 is 0 Å². The molecule has 92 valence electrons.